The number of carbonyl (C=O) groups excluding carboxylic acids is 2. The van der Waals surface area contributed by atoms with Crippen LogP contribution in [-0.2, 0) is 9.59 Å². The number of thiazole rings is 1. The lowest BCUT2D eigenvalue weighted by atomic mass is 9.92. The van der Waals surface area contributed by atoms with Gasteiger partial charge in [0.25, 0.3) is 0 Å². The van der Waals surface area contributed by atoms with E-state index in [4.69, 9.17) is 0 Å². The lowest BCUT2D eigenvalue weighted by Crippen LogP contribution is -2.31. The van der Waals surface area contributed by atoms with E-state index >= 15 is 0 Å². The molecular weight excluding hydrogens is 367 g/mol. The van der Waals surface area contributed by atoms with Crippen LogP contribution in [0.4, 0.5) is 15.2 Å². The summed E-state index contributed by atoms with van der Waals surface area (Å²) in [5.74, 6) is -0.660. The molecule has 1 aliphatic heterocycles. The number of rotatable bonds is 4. The number of benzene rings is 1. The van der Waals surface area contributed by atoms with Gasteiger partial charge in [0, 0.05) is 29.5 Å². The maximum Gasteiger partial charge on any atom is 0.229 e. The Balaban J connectivity index is 1.43. The molecule has 0 bridgehead atoms. The van der Waals surface area contributed by atoms with Crippen LogP contribution in [0.5, 0.6) is 0 Å². The molecule has 2 heterocycles. The smallest absolute Gasteiger partial charge is 0.229 e. The van der Waals surface area contributed by atoms with Crippen LogP contribution in [0.15, 0.2) is 23.6 Å². The summed E-state index contributed by atoms with van der Waals surface area (Å²) in [4.78, 5) is 28.0. The van der Waals surface area contributed by atoms with Crippen LogP contribution >= 0.6 is 11.3 Å². The first-order chi connectivity index (χ1) is 13.0. The Morgan fingerprint density at radius 1 is 1.30 bits per heavy atom. The number of nitrogens with one attached hydrogen (secondary N) is 3. The topological polar surface area (TPSA) is 83.1 Å². The molecule has 3 N–H and O–H groups in total. The Morgan fingerprint density at radius 2 is 2.07 bits per heavy atom. The maximum atomic E-state index is 14.4. The second-order valence-corrected chi connectivity index (χ2v) is 8.13. The van der Waals surface area contributed by atoms with Crippen LogP contribution in [0.1, 0.15) is 26.2 Å². The fourth-order valence-corrected chi connectivity index (χ4v) is 4.56. The highest BCUT2D eigenvalue weighted by Gasteiger charge is 2.57. The Bertz CT molecular complexity index is 892. The Kier molecular flexibility index (Phi) is 4.69. The molecule has 27 heavy (non-hydrogen) atoms. The van der Waals surface area contributed by atoms with Crippen LogP contribution in [-0.4, -0.2) is 29.9 Å². The van der Waals surface area contributed by atoms with Crippen molar-refractivity contribution in [3.8, 4) is 11.3 Å². The van der Waals surface area contributed by atoms with Crippen molar-refractivity contribution in [3.63, 3.8) is 0 Å². The van der Waals surface area contributed by atoms with Gasteiger partial charge in [-0.2, -0.15) is 0 Å². The zero-order valence-corrected chi connectivity index (χ0v) is 15.8. The minimum absolute atomic E-state index is 0.0132. The summed E-state index contributed by atoms with van der Waals surface area (Å²) < 4.78 is 14.4. The second kappa shape index (κ2) is 7.01. The Morgan fingerprint density at radius 3 is 2.78 bits per heavy atom. The number of carbonyl (C=O) groups is 2. The standard InChI is InChI=1S/C19H21FN4O2S/c1-11(25)22-12-2-3-13(15(20)8-12)16-10-27-18(23-16)24-17(26)14-9-19(14)4-6-21-7-5-19/h2-3,8,10,14,21H,4-7,9H2,1H3,(H,22,25)(H,23,24,26). The lowest BCUT2D eigenvalue weighted by molar-refractivity contribution is -0.118. The zero-order valence-electron chi connectivity index (χ0n) is 15.0. The third kappa shape index (κ3) is 3.72. The van der Waals surface area contributed by atoms with E-state index in [2.05, 4.69) is 20.9 Å². The molecule has 1 aliphatic carbocycles. The molecule has 1 saturated carbocycles. The van der Waals surface area contributed by atoms with Crippen LogP contribution < -0.4 is 16.0 Å². The predicted octanol–water partition coefficient (Wildman–Crippen LogP) is 3.24. The minimum Gasteiger partial charge on any atom is -0.326 e. The first-order valence-corrected chi connectivity index (χ1v) is 9.89. The van der Waals surface area contributed by atoms with E-state index in [0.29, 0.717) is 22.1 Å². The third-order valence-electron chi connectivity index (χ3n) is 5.41. The summed E-state index contributed by atoms with van der Waals surface area (Å²) in [6, 6.07) is 4.47. The van der Waals surface area contributed by atoms with Crippen molar-refractivity contribution in [2.75, 3.05) is 23.7 Å². The van der Waals surface area contributed by atoms with Crippen molar-refractivity contribution >= 4 is 34.0 Å². The SMILES string of the molecule is CC(=O)Nc1ccc(-c2csc(NC(=O)C3CC34CCNCC4)n2)c(F)c1. The van der Waals surface area contributed by atoms with Crippen LogP contribution in [0.25, 0.3) is 11.3 Å². The highest BCUT2D eigenvalue weighted by molar-refractivity contribution is 7.14. The number of nitrogens with zero attached hydrogens (tertiary/aromatic N) is 1. The molecule has 4 rings (SSSR count). The van der Waals surface area contributed by atoms with E-state index in [9.17, 15) is 14.0 Å². The summed E-state index contributed by atoms with van der Waals surface area (Å²) in [6.45, 7) is 3.31. The van der Waals surface area contributed by atoms with Gasteiger partial charge in [0.1, 0.15) is 5.82 Å². The monoisotopic (exact) mass is 388 g/mol. The van der Waals surface area contributed by atoms with Crippen LogP contribution in [0.3, 0.4) is 0 Å². The number of halogens is 1. The first-order valence-electron chi connectivity index (χ1n) is 9.01. The van der Waals surface area contributed by atoms with E-state index in [1.807, 2.05) is 0 Å². The average molecular weight is 388 g/mol. The van der Waals surface area contributed by atoms with E-state index in [-0.39, 0.29) is 23.1 Å². The molecule has 1 atom stereocenters. The lowest BCUT2D eigenvalue weighted by Gasteiger charge is -2.22. The fourth-order valence-electron chi connectivity index (χ4n) is 3.85. The summed E-state index contributed by atoms with van der Waals surface area (Å²) in [7, 11) is 0. The van der Waals surface area contributed by atoms with Gasteiger partial charge in [0.15, 0.2) is 5.13 Å². The molecule has 2 aliphatic rings. The molecule has 1 unspecified atom stereocenters. The predicted molar refractivity (Wildman–Crippen MR) is 103 cm³/mol. The number of anilines is 2. The van der Waals surface area contributed by atoms with Crippen molar-refractivity contribution in [1.29, 1.82) is 0 Å². The number of aromatic nitrogens is 1. The molecule has 1 aromatic heterocycles. The minimum atomic E-state index is -0.472. The Labute approximate surface area is 160 Å². The van der Waals surface area contributed by atoms with E-state index < -0.39 is 5.82 Å². The molecule has 0 radical (unpaired) electrons. The quantitative estimate of drug-likeness (QED) is 0.751. The maximum absolute atomic E-state index is 14.4. The van der Waals surface area contributed by atoms with Gasteiger partial charge >= 0.3 is 0 Å². The van der Waals surface area contributed by atoms with Crippen molar-refractivity contribution in [2.24, 2.45) is 11.3 Å². The molecule has 2 aromatic rings. The normalized spacial score (nSPS) is 20.3. The van der Waals surface area contributed by atoms with Gasteiger partial charge < -0.3 is 16.0 Å². The van der Waals surface area contributed by atoms with E-state index in [1.54, 1.807) is 17.5 Å². The van der Waals surface area contributed by atoms with Crippen LogP contribution in [0, 0.1) is 17.2 Å². The van der Waals surface area contributed by atoms with E-state index in [0.717, 1.165) is 32.4 Å². The number of hydrogen-bond acceptors (Lipinski definition) is 5. The molecular formula is C19H21FN4O2S. The number of piperidine rings is 1. The van der Waals surface area contributed by atoms with Crippen molar-refractivity contribution < 1.29 is 14.0 Å². The van der Waals surface area contributed by atoms with Gasteiger partial charge in [-0.3, -0.25) is 9.59 Å². The van der Waals surface area contributed by atoms with E-state index in [1.165, 1.54) is 24.3 Å². The molecule has 8 heteroatoms. The fraction of sp³-hybridized carbons (Fsp3) is 0.421. The highest BCUT2D eigenvalue weighted by Crippen LogP contribution is 2.58. The van der Waals surface area contributed by atoms with Gasteiger partial charge in [0.05, 0.1) is 5.69 Å². The van der Waals surface area contributed by atoms with Gasteiger partial charge in [-0.1, -0.05) is 0 Å². The van der Waals surface area contributed by atoms with Gasteiger partial charge in [-0.15, -0.1) is 11.3 Å². The second-order valence-electron chi connectivity index (χ2n) is 7.27. The van der Waals surface area contributed by atoms with Crippen molar-refractivity contribution in [2.45, 2.75) is 26.2 Å². The molecule has 1 saturated heterocycles. The molecule has 6 nitrogen and oxygen atoms in total. The molecule has 2 amide bonds. The van der Waals surface area contributed by atoms with Gasteiger partial charge in [-0.05, 0) is 56.0 Å². The summed E-state index contributed by atoms with van der Waals surface area (Å²) in [5.41, 5.74) is 1.37. The van der Waals surface area contributed by atoms with Crippen LogP contribution in [0.2, 0.25) is 0 Å². The zero-order chi connectivity index (χ0) is 19.0. The summed E-state index contributed by atoms with van der Waals surface area (Å²) >= 11 is 1.28. The van der Waals surface area contributed by atoms with Crippen molar-refractivity contribution in [1.82, 2.24) is 10.3 Å². The number of amides is 2. The first kappa shape index (κ1) is 18.1. The highest BCUT2D eigenvalue weighted by atomic mass is 32.1. The van der Waals surface area contributed by atoms with Gasteiger partial charge in [-0.25, -0.2) is 9.37 Å². The number of hydrogen-bond donors (Lipinski definition) is 3. The molecule has 1 aromatic carbocycles. The average Bonchev–Trinajstić information content (AvgIpc) is 3.11. The summed E-state index contributed by atoms with van der Waals surface area (Å²) in [5, 5.41) is 11.0. The summed E-state index contributed by atoms with van der Waals surface area (Å²) in [6.07, 6.45) is 3.03. The van der Waals surface area contributed by atoms with Crippen molar-refractivity contribution in [3.05, 3.63) is 29.4 Å². The molecule has 2 fully saturated rings. The largest absolute Gasteiger partial charge is 0.326 e. The molecule has 1 spiro atoms. The van der Waals surface area contributed by atoms with Gasteiger partial charge in [0.2, 0.25) is 11.8 Å². The molecule has 142 valence electrons. The third-order valence-corrected chi connectivity index (χ3v) is 6.16. The Hall–Kier alpha value is -2.32.